The fourth-order valence-corrected chi connectivity index (χ4v) is 2.49. The average molecular weight is 351 g/mol. The number of piperidine rings is 1. The van der Waals surface area contributed by atoms with Crippen molar-refractivity contribution in [3.05, 3.63) is 33.2 Å². The zero-order valence-electron chi connectivity index (χ0n) is 10.4. The molecule has 7 heteroatoms. The molecule has 1 amide bonds. The molecule has 0 aliphatic carbocycles. The highest BCUT2D eigenvalue weighted by molar-refractivity contribution is 9.10. The maximum Gasteiger partial charge on any atom is 0.251 e. The third kappa shape index (κ3) is 4.33. The first-order valence-corrected chi connectivity index (χ1v) is 6.75. The molecule has 0 radical (unpaired) electrons. The van der Waals surface area contributed by atoms with Crippen molar-refractivity contribution in [2.24, 2.45) is 5.73 Å². The van der Waals surface area contributed by atoms with Gasteiger partial charge in [-0.25, -0.2) is 0 Å². The van der Waals surface area contributed by atoms with Gasteiger partial charge >= 0.3 is 0 Å². The Morgan fingerprint density at radius 1 is 1.47 bits per heavy atom. The van der Waals surface area contributed by atoms with Gasteiger partial charge in [0.2, 0.25) is 5.91 Å². The highest BCUT2D eigenvalue weighted by Gasteiger charge is 2.21. The molecule has 1 aromatic rings. The molecule has 1 aliphatic rings. The van der Waals surface area contributed by atoms with E-state index >= 15 is 0 Å². The number of likely N-dealkylation sites (tertiary alicyclic amines) is 1. The fraction of sp³-hybridized carbons (Fsp3) is 0.500. The van der Waals surface area contributed by atoms with Crippen LogP contribution in [0.3, 0.4) is 0 Å². The van der Waals surface area contributed by atoms with Crippen LogP contribution in [0, 0.1) is 0 Å². The Morgan fingerprint density at radius 3 is 2.89 bits per heavy atom. The van der Waals surface area contributed by atoms with Gasteiger partial charge in [-0.15, -0.1) is 12.4 Å². The largest absolute Gasteiger partial charge is 0.340 e. The predicted octanol–water partition coefficient (Wildman–Crippen LogP) is 0.982. The first-order chi connectivity index (χ1) is 8.56. The topological polar surface area (TPSA) is 68.3 Å². The number of nitrogens with two attached hydrogens (primary N) is 1. The molecule has 0 aromatic carbocycles. The Balaban J connectivity index is 0.00000180. The molecular formula is C12H17BrClN3O2. The van der Waals surface area contributed by atoms with Crippen LogP contribution in [0.25, 0.3) is 0 Å². The zero-order chi connectivity index (χ0) is 13.1. The summed E-state index contributed by atoms with van der Waals surface area (Å²) in [7, 11) is 0. The van der Waals surface area contributed by atoms with Crippen molar-refractivity contribution in [1.82, 2.24) is 9.47 Å². The molecule has 1 unspecified atom stereocenters. The van der Waals surface area contributed by atoms with Crippen molar-refractivity contribution in [1.29, 1.82) is 0 Å². The lowest BCUT2D eigenvalue weighted by Crippen LogP contribution is -2.47. The lowest BCUT2D eigenvalue weighted by Gasteiger charge is -2.30. The smallest absolute Gasteiger partial charge is 0.251 e. The molecule has 1 aliphatic heterocycles. The molecule has 1 aromatic heterocycles. The van der Waals surface area contributed by atoms with Crippen LogP contribution in [0.1, 0.15) is 12.8 Å². The second-order valence-electron chi connectivity index (χ2n) is 4.56. The third-order valence-corrected chi connectivity index (χ3v) is 3.53. The predicted molar refractivity (Wildman–Crippen MR) is 79.4 cm³/mol. The van der Waals surface area contributed by atoms with Crippen LogP contribution < -0.4 is 11.3 Å². The highest BCUT2D eigenvalue weighted by atomic mass is 79.9. The number of hydrogen-bond donors (Lipinski definition) is 1. The van der Waals surface area contributed by atoms with E-state index in [4.69, 9.17) is 5.73 Å². The molecule has 1 saturated heterocycles. The maximum atomic E-state index is 12.1. The summed E-state index contributed by atoms with van der Waals surface area (Å²) in [6.07, 6.45) is 3.52. The molecule has 19 heavy (non-hydrogen) atoms. The Kier molecular flexibility index (Phi) is 6.03. The number of pyridine rings is 1. The Morgan fingerprint density at radius 2 is 2.21 bits per heavy atom. The first-order valence-electron chi connectivity index (χ1n) is 5.95. The Hall–Kier alpha value is -0.850. The summed E-state index contributed by atoms with van der Waals surface area (Å²) in [6.45, 7) is 1.39. The van der Waals surface area contributed by atoms with Crippen molar-refractivity contribution in [2.75, 3.05) is 13.1 Å². The third-order valence-electron chi connectivity index (χ3n) is 3.06. The molecule has 1 atom stereocenters. The normalized spacial score (nSPS) is 18.8. The number of nitrogens with zero attached hydrogens (tertiary/aromatic N) is 2. The Labute approximate surface area is 126 Å². The molecule has 2 N–H and O–H groups in total. The van der Waals surface area contributed by atoms with E-state index in [0.29, 0.717) is 6.54 Å². The van der Waals surface area contributed by atoms with Crippen LogP contribution in [-0.4, -0.2) is 34.5 Å². The van der Waals surface area contributed by atoms with Crippen LogP contribution >= 0.6 is 28.3 Å². The lowest BCUT2D eigenvalue weighted by molar-refractivity contribution is -0.133. The standard InChI is InChI=1S/C12H16BrN3O2.ClH/c13-9-3-4-11(17)16(6-9)8-12(18)15-5-1-2-10(14)7-15;/h3-4,6,10H,1-2,5,7-8,14H2;1H. The van der Waals surface area contributed by atoms with E-state index < -0.39 is 0 Å². The van der Waals surface area contributed by atoms with E-state index in [1.54, 1.807) is 17.2 Å². The molecule has 0 bridgehead atoms. The lowest BCUT2D eigenvalue weighted by atomic mass is 10.1. The van der Waals surface area contributed by atoms with Gasteiger partial charge in [-0.2, -0.15) is 0 Å². The average Bonchev–Trinajstić information content (AvgIpc) is 2.34. The molecule has 5 nitrogen and oxygen atoms in total. The SMILES string of the molecule is Cl.NC1CCCN(C(=O)Cn2cc(Br)ccc2=O)C1. The zero-order valence-corrected chi connectivity index (χ0v) is 12.8. The van der Waals surface area contributed by atoms with Crippen LogP contribution in [0.2, 0.25) is 0 Å². The number of carbonyl (C=O) groups is 1. The summed E-state index contributed by atoms with van der Waals surface area (Å²) in [5.74, 6) is -0.0506. The minimum atomic E-state index is -0.173. The molecular weight excluding hydrogens is 334 g/mol. The van der Waals surface area contributed by atoms with E-state index in [0.717, 1.165) is 23.9 Å². The summed E-state index contributed by atoms with van der Waals surface area (Å²) in [5.41, 5.74) is 5.67. The van der Waals surface area contributed by atoms with E-state index in [2.05, 4.69) is 15.9 Å². The van der Waals surface area contributed by atoms with Crippen molar-refractivity contribution in [2.45, 2.75) is 25.4 Å². The number of hydrogen-bond acceptors (Lipinski definition) is 3. The summed E-state index contributed by atoms with van der Waals surface area (Å²) < 4.78 is 2.19. The number of halogens is 2. The van der Waals surface area contributed by atoms with Gasteiger partial charge < -0.3 is 15.2 Å². The van der Waals surface area contributed by atoms with Crippen LogP contribution in [-0.2, 0) is 11.3 Å². The summed E-state index contributed by atoms with van der Waals surface area (Å²) in [4.78, 5) is 25.4. The fourth-order valence-electron chi connectivity index (χ4n) is 2.11. The molecule has 0 spiro atoms. The summed E-state index contributed by atoms with van der Waals surface area (Å²) in [5, 5.41) is 0. The van der Waals surface area contributed by atoms with E-state index in [-0.39, 0.29) is 36.5 Å². The molecule has 106 valence electrons. The molecule has 1 fully saturated rings. The highest BCUT2D eigenvalue weighted by Crippen LogP contribution is 2.09. The van der Waals surface area contributed by atoms with Crippen molar-refractivity contribution in [3.8, 4) is 0 Å². The van der Waals surface area contributed by atoms with Gasteiger partial charge in [0, 0.05) is 35.9 Å². The molecule has 0 saturated carbocycles. The maximum absolute atomic E-state index is 12.1. The first kappa shape index (κ1) is 16.2. The van der Waals surface area contributed by atoms with Gasteiger partial charge in [-0.1, -0.05) is 0 Å². The molecule has 2 heterocycles. The number of aromatic nitrogens is 1. The van der Waals surface area contributed by atoms with Crippen molar-refractivity contribution < 1.29 is 4.79 Å². The second-order valence-corrected chi connectivity index (χ2v) is 5.47. The number of amides is 1. The van der Waals surface area contributed by atoms with Gasteiger partial charge in [0.05, 0.1) is 0 Å². The van der Waals surface area contributed by atoms with Crippen molar-refractivity contribution >= 4 is 34.2 Å². The minimum absolute atomic E-state index is 0. The summed E-state index contributed by atoms with van der Waals surface area (Å²) in [6, 6.07) is 3.17. The van der Waals surface area contributed by atoms with Crippen molar-refractivity contribution in [3.63, 3.8) is 0 Å². The monoisotopic (exact) mass is 349 g/mol. The van der Waals surface area contributed by atoms with E-state index in [1.165, 1.54) is 10.6 Å². The number of rotatable bonds is 2. The van der Waals surface area contributed by atoms with E-state index in [1.807, 2.05) is 0 Å². The van der Waals surface area contributed by atoms with Gasteiger partial charge in [0.15, 0.2) is 0 Å². The van der Waals surface area contributed by atoms with Crippen LogP contribution in [0.15, 0.2) is 27.6 Å². The Bertz CT molecular complexity index is 506. The quantitative estimate of drug-likeness (QED) is 0.864. The second kappa shape index (κ2) is 7.07. The van der Waals surface area contributed by atoms with E-state index in [9.17, 15) is 9.59 Å². The number of carbonyl (C=O) groups excluding carboxylic acids is 1. The minimum Gasteiger partial charge on any atom is -0.340 e. The molecule has 2 rings (SSSR count). The van der Waals surface area contributed by atoms with Crippen LogP contribution in [0.5, 0.6) is 0 Å². The van der Waals surface area contributed by atoms with Gasteiger partial charge in [-0.3, -0.25) is 9.59 Å². The van der Waals surface area contributed by atoms with Crippen LogP contribution in [0.4, 0.5) is 0 Å². The van der Waals surface area contributed by atoms with Gasteiger partial charge in [-0.05, 0) is 34.8 Å². The van der Waals surface area contributed by atoms with Gasteiger partial charge in [0.1, 0.15) is 6.54 Å². The summed E-state index contributed by atoms with van der Waals surface area (Å²) >= 11 is 3.29. The van der Waals surface area contributed by atoms with Gasteiger partial charge in [0.25, 0.3) is 5.56 Å².